The van der Waals surface area contributed by atoms with Crippen LogP contribution >= 0.6 is 11.3 Å². The number of amides is 1. The first kappa shape index (κ1) is 21.8. The standard InChI is InChI=1S/C26H22N4O3S/c1-16-13-18(15-33-2)22-23(30-11-5-6-12-30)24(34-26(22)28-16)25(32)29-27-14-20-19-8-4-3-7-17(19)9-10-21(20)31/h3-14,31H,15H2,1-2H3,(H,29,32)/b27-14+. The highest BCUT2D eigenvalue weighted by Crippen LogP contribution is 2.36. The van der Waals surface area contributed by atoms with Gasteiger partial charge in [0.15, 0.2) is 0 Å². The molecule has 0 saturated carbocycles. The summed E-state index contributed by atoms with van der Waals surface area (Å²) in [4.78, 5) is 19.2. The summed E-state index contributed by atoms with van der Waals surface area (Å²) in [7, 11) is 1.65. The second-order valence-electron chi connectivity index (χ2n) is 7.82. The van der Waals surface area contributed by atoms with E-state index in [-0.39, 0.29) is 11.7 Å². The Balaban J connectivity index is 1.55. The number of rotatable bonds is 6. The van der Waals surface area contributed by atoms with Gasteiger partial charge in [-0.2, -0.15) is 5.10 Å². The molecule has 34 heavy (non-hydrogen) atoms. The fourth-order valence-electron chi connectivity index (χ4n) is 4.07. The maximum atomic E-state index is 13.3. The zero-order valence-corrected chi connectivity index (χ0v) is 19.5. The summed E-state index contributed by atoms with van der Waals surface area (Å²) in [6, 6.07) is 16.9. The molecule has 0 aliphatic carbocycles. The van der Waals surface area contributed by atoms with Crippen LogP contribution in [0.25, 0.3) is 26.7 Å². The molecule has 1 amide bonds. The average molecular weight is 471 g/mol. The van der Waals surface area contributed by atoms with Crippen molar-refractivity contribution in [3.05, 3.63) is 88.7 Å². The summed E-state index contributed by atoms with van der Waals surface area (Å²) in [5.74, 6) is -0.265. The number of aromatic hydroxyl groups is 1. The van der Waals surface area contributed by atoms with E-state index in [0.29, 0.717) is 17.0 Å². The summed E-state index contributed by atoms with van der Waals surface area (Å²) in [5, 5.41) is 17.2. The van der Waals surface area contributed by atoms with E-state index in [9.17, 15) is 9.90 Å². The molecule has 2 aromatic carbocycles. The molecule has 5 aromatic rings. The number of carbonyl (C=O) groups excluding carboxylic acids is 1. The Morgan fingerprint density at radius 2 is 2.00 bits per heavy atom. The summed E-state index contributed by atoms with van der Waals surface area (Å²) in [6.07, 6.45) is 5.26. The van der Waals surface area contributed by atoms with Gasteiger partial charge in [0.2, 0.25) is 0 Å². The highest BCUT2D eigenvalue weighted by atomic mass is 32.1. The van der Waals surface area contributed by atoms with Crippen molar-refractivity contribution in [3.8, 4) is 11.4 Å². The number of carbonyl (C=O) groups is 1. The number of hydrogen-bond acceptors (Lipinski definition) is 6. The maximum Gasteiger partial charge on any atom is 0.283 e. The first-order valence-corrected chi connectivity index (χ1v) is 11.5. The first-order chi connectivity index (χ1) is 16.6. The molecular weight excluding hydrogens is 448 g/mol. The number of phenolic OH excluding ortho intramolecular Hbond substituents is 1. The highest BCUT2D eigenvalue weighted by molar-refractivity contribution is 7.21. The van der Waals surface area contributed by atoms with E-state index in [0.717, 1.165) is 37.9 Å². The van der Waals surface area contributed by atoms with Crippen LogP contribution in [0.1, 0.15) is 26.5 Å². The summed E-state index contributed by atoms with van der Waals surface area (Å²) in [6.45, 7) is 2.33. The molecule has 0 atom stereocenters. The van der Waals surface area contributed by atoms with Crippen LogP contribution in [0.2, 0.25) is 0 Å². The fourth-order valence-corrected chi connectivity index (χ4v) is 5.23. The number of aryl methyl sites for hydroxylation is 1. The molecule has 5 rings (SSSR count). The lowest BCUT2D eigenvalue weighted by atomic mass is 10.0. The van der Waals surface area contributed by atoms with Crippen molar-refractivity contribution >= 4 is 44.4 Å². The van der Waals surface area contributed by atoms with Gasteiger partial charge in [-0.15, -0.1) is 11.3 Å². The maximum absolute atomic E-state index is 13.3. The number of phenols is 1. The molecule has 7 nitrogen and oxygen atoms in total. The second-order valence-corrected chi connectivity index (χ2v) is 8.82. The minimum Gasteiger partial charge on any atom is -0.507 e. The second kappa shape index (κ2) is 9.09. The number of benzene rings is 2. The minimum absolute atomic E-state index is 0.0930. The van der Waals surface area contributed by atoms with Crippen LogP contribution in [0.4, 0.5) is 0 Å². The molecule has 0 saturated heterocycles. The van der Waals surface area contributed by atoms with Crippen molar-refractivity contribution in [2.75, 3.05) is 7.11 Å². The third-order valence-corrected chi connectivity index (χ3v) is 6.59. The van der Waals surface area contributed by atoms with E-state index in [1.54, 1.807) is 13.2 Å². The van der Waals surface area contributed by atoms with Crippen LogP contribution in [0.5, 0.6) is 5.75 Å². The topological polar surface area (TPSA) is 88.7 Å². The quantitative estimate of drug-likeness (QED) is 0.265. The molecular formula is C26H22N4O3S. The molecule has 2 N–H and O–H groups in total. The molecule has 3 heterocycles. The van der Waals surface area contributed by atoms with Gasteiger partial charge >= 0.3 is 0 Å². The van der Waals surface area contributed by atoms with E-state index in [2.05, 4.69) is 15.5 Å². The lowest BCUT2D eigenvalue weighted by Crippen LogP contribution is -2.18. The molecule has 3 aromatic heterocycles. The van der Waals surface area contributed by atoms with E-state index in [1.807, 2.05) is 72.4 Å². The summed E-state index contributed by atoms with van der Waals surface area (Å²) >= 11 is 1.31. The molecule has 0 spiro atoms. The van der Waals surface area contributed by atoms with Crippen molar-refractivity contribution in [1.82, 2.24) is 15.0 Å². The number of pyridine rings is 1. The number of hydrazone groups is 1. The zero-order chi connectivity index (χ0) is 23.7. The first-order valence-electron chi connectivity index (χ1n) is 10.7. The van der Waals surface area contributed by atoms with E-state index < -0.39 is 0 Å². The minimum atomic E-state index is -0.358. The van der Waals surface area contributed by atoms with Crippen LogP contribution in [0.3, 0.4) is 0 Å². The highest BCUT2D eigenvalue weighted by Gasteiger charge is 2.23. The Morgan fingerprint density at radius 3 is 2.79 bits per heavy atom. The van der Waals surface area contributed by atoms with Crippen LogP contribution in [0, 0.1) is 6.92 Å². The van der Waals surface area contributed by atoms with E-state index in [4.69, 9.17) is 4.74 Å². The number of thiophene rings is 1. The molecule has 8 heteroatoms. The fraction of sp³-hybridized carbons (Fsp3) is 0.115. The number of nitrogens with zero attached hydrogens (tertiary/aromatic N) is 3. The third kappa shape index (κ3) is 3.93. The van der Waals surface area contributed by atoms with Crippen molar-refractivity contribution in [2.24, 2.45) is 5.10 Å². The Bertz CT molecular complexity index is 1540. The molecule has 0 aliphatic rings. The molecule has 0 fully saturated rings. The van der Waals surface area contributed by atoms with Gasteiger partial charge in [0.25, 0.3) is 5.91 Å². The normalized spacial score (nSPS) is 11.6. The Morgan fingerprint density at radius 1 is 1.21 bits per heavy atom. The Hall–Kier alpha value is -4.01. The van der Waals surface area contributed by atoms with Gasteiger partial charge in [-0.3, -0.25) is 4.79 Å². The van der Waals surface area contributed by atoms with Gasteiger partial charge in [0.05, 0.1) is 18.5 Å². The number of methoxy groups -OCH3 is 1. The van der Waals surface area contributed by atoms with Crippen molar-refractivity contribution in [3.63, 3.8) is 0 Å². The monoisotopic (exact) mass is 470 g/mol. The van der Waals surface area contributed by atoms with Gasteiger partial charge < -0.3 is 14.4 Å². The summed E-state index contributed by atoms with van der Waals surface area (Å²) in [5.41, 5.74) is 5.73. The predicted octanol–water partition coefficient (Wildman–Crippen LogP) is 5.16. The molecule has 0 aliphatic heterocycles. The van der Waals surface area contributed by atoms with Gasteiger partial charge in [0.1, 0.15) is 15.5 Å². The molecule has 0 radical (unpaired) electrons. The number of fused-ring (bicyclic) bond motifs is 2. The van der Waals surface area contributed by atoms with Crippen molar-refractivity contribution in [2.45, 2.75) is 13.5 Å². The largest absolute Gasteiger partial charge is 0.507 e. The number of nitrogens with one attached hydrogen (secondary N) is 1. The van der Waals surface area contributed by atoms with Crippen molar-refractivity contribution in [1.29, 1.82) is 0 Å². The van der Waals surface area contributed by atoms with Crippen molar-refractivity contribution < 1.29 is 14.6 Å². The number of aromatic nitrogens is 2. The molecule has 170 valence electrons. The summed E-state index contributed by atoms with van der Waals surface area (Å²) < 4.78 is 7.32. The molecule has 0 bridgehead atoms. The van der Waals surface area contributed by atoms with E-state index >= 15 is 0 Å². The van der Waals surface area contributed by atoms with Gasteiger partial charge in [-0.1, -0.05) is 30.3 Å². The number of ether oxygens (including phenoxy) is 1. The van der Waals surface area contributed by atoms with Crippen LogP contribution in [-0.2, 0) is 11.3 Å². The number of hydrogen-bond donors (Lipinski definition) is 2. The lowest BCUT2D eigenvalue weighted by molar-refractivity contribution is 0.0959. The van der Waals surface area contributed by atoms with Gasteiger partial charge in [-0.25, -0.2) is 10.4 Å². The lowest BCUT2D eigenvalue weighted by Gasteiger charge is -2.09. The zero-order valence-electron chi connectivity index (χ0n) is 18.6. The Kier molecular flexibility index (Phi) is 5.83. The smallest absolute Gasteiger partial charge is 0.283 e. The molecule has 0 unspecified atom stereocenters. The Labute approximate surface area is 199 Å². The SMILES string of the molecule is COCc1cc(C)nc2sc(C(=O)N/N=C/c3c(O)ccc4ccccc34)c(-n3cccc3)c12. The van der Waals surface area contributed by atoms with Gasteiger partial charge in [0, 0.05) is 36.1 Å². The predicted molar refractivity (Wildman–Crippen MR) is 135 cm³/mol. The third-order valence-electron chi connectivity index (χ3n) is 5.52. The van der Waals surface area contributed by atoms with Crippen LogP contribution < -0.4 is 5.43 Å². The van der Waals surface area contributed by atoms with Crippen LogP contribution in [0.15, 0.2) is 72.1 Å². The van der Waals surface area contributed by atoms with Gasteiger partial charge in [-0.05, 0) is 47.5 Å². The van der Waals surface area contributed by atoms with E-state index in [1.165, 1.54) is 17.6 Å². The average Bonchev–Trinajstić information content (AvgIpc) is 3.48. The van der Waals surface area contributed by atoms with Crippen LogP contribution in [-0.4, -0.2) is 33.9 Å².